The Bertz CT molecular complexity index is 1630. The number of hydrogen-bond acceptors (Lipinski definition) is 8. The second-order valence-corrected chi connectivity index (χ2v) is 8.92. The number of aromatic nitrogens is 1. The first-order chi connectivity index (χ1) is 17.5. The average Bonchev–Trinajstić information content (AvgIpc) is 3.66. The second-order valence-electron chi connectivity index (χ2n) is 7.89. The van der Waals surface area contributed by atoms with Crippen LogP contribution in [0, 0.1) is 0 Å². The molecule has 3 aromatic heterocycles. The predicted octanol–water partition coefficient (Wildman–Crippen LogP) is 1.49. The quantitative estimate of drug-likeness (QED) is 0.381. The van der Waals surface area contributed by atoms with Crippen LogP contribution in [-0.4, -0.2) is 23.6 Å². The van der Waals surface area contributed by atoms with Gasteiger partial charge in [0.2, 0.25) is 0 Å². The number of nitrogens with zero attached hydrogens (tertiary/aromatic N) is 1. The lowest BCUT2D eigenvalue weighted by Gasteiger charge is -2.25. The Morgan fingerprint density at radius 3 is 2.50 bits per heavy atom. The molecule has 1 unspecified atom stereocenters. The zero-order valence-corrected chi connectivity index (χ0v) is 19.9. The van der Waals surface area contributed by atoms with E-state index in [1.165, 1.54) is 24.2 Å². The van der Waals surface area contributed by atoms with Gasteiger partial charge in [-0.25, -0.2) is 4.79 Å². The van der Waals surface area contributed by atoms with E-state index in [1.807, 2.05) is 30.3 Å². The van der Waals surface area contributed by atoms with Gasteiger partial charge in [0.05, 0.1) is 41.2 Å². The first kappa shape index (κ1) is 23.2. The van der Waals surface area contributed by atoms with E-state index >= 15 is 0 Å². The highest BCUT2D eigenvalue weighted by atomic mass is 32.1. The highest BCUT2D eigenvalue weighted by molar-refractivity contribution is 7.07. The normalized spacial score (nSPS) is 15.6. The minimum atomic E-state index is -0.988. The number of furan rings is 2. The van der Waals surface area contributed by atoms with Crippen LogP contribution >= 0.6 is 11.3 Å². The SMILES string of the molecule is COC(=O)C1=C(N)n2c(s/c(=C/c3ccco3)c2=O)=C(C(=O)NCc2ccccc2)C1c1ccco1. The molecule has 0 fully saturated rings. The molecule has 0 bridgehead atoms. The van der Waals surface area contributed by atoms with E-state index in [9.17, 15) is 14.4 Å². The van der Waals surface area contributed by atoms with Gasteiger partial charge in [0.15, 0.2) is 0 Å². The summed E-state index contributed by atoms with van der Waals surface area (Å²) in [6.07, 6.45) is 4.49. The van der Waals surface area contributed by atoms with Crippen molar-refractivity contribution >= 4 is 40.7 Å². The molecule has 4 heterocycles. The van der Waals surface area contributed by atoms with Crippen molar-refractivity contribution in [2.24, 2.45) is 5.73 Å². The summed E-state index contributed by atoms with van der Waals surface area (Å²) in [6.45, 7) is 0.238. The molecule has 0 saturated carbocycles. The molecule has 4 aromatic rings. The van der Waals surface area contributed by atoms with Crippen LogP contribution in [0.1, 0.15) is 23.0 Å². The Labute approximate surface area is 208 Å². The predicted molar refractivity (Wildman–Crippen MR) is 133 cm³/mol. The zero-order valence-electron chi connectivity index (χ0n) is 19.1. The third-order valence-corrected chi connectivity index (χ3v) is 6.85. The minimum absolute atomic E-state index is 0.0609. The lowest BCUT2D eigenvalue weighted by Crippen LogP contribution is -2.43. The van der Waals surface area contributed by atoms with E-state index in [-0.39, 0.29) is 32.7 Å². The van der Waals surface area contributed by atoms with Crippen molar-refractivity contribution in [2.45, 2.75) is 12.5 Å². The number of amides is 1. The van der Waals surface area contributed by atoms with Crippen LogP contribution in [0.2, 0.25) is 0 Å². The number of hydrogen-bond donors (Lipinski definition) is 2. The maximum atomic E-state index is 13.7. The second kappa shape index (κ2) is 9.59. The Hall–Kier alpha value is -4.57. The number of carbonyl (C=O) groups excluding carboxylic acids is 2. The van der Waals surface area contributed by atoms with Crippen molar-refractivity contribution in [3.05, 3.63) is 109 Å². The topological polar surface area (TPSA) is 130 Å². The first-order valence-electron chi connectivity index (χ1n) is 10.9. The summed E-state index contributed by atoms with van der Waals surface area (Å²) in [6, 6.07) is 16.1. The van der Waals surface area contributed by atoms with Gasteiger partial charge in [-0.1, -0.05) is 30.3 Å². The highest BCUT2D eigenvalue weighted by Crippen LogP contribution is 2.37. The lowest BCUT2D eigenvalue weighted by atomic mass is 9.86. The van der Waals surface area contributed by atoms with Gasteiger partial charge in [-0.2, -0.15) is 0 Å². The Balaban J connectivity index is 1.76. The summed E-state index contributed by atoms with van der Waals surface area (Å²) >= 11 is 1.07. The summed E-state index contributed by atoms with van der Waals surface area (Å²) in [5, 5.41) is 2.90. The minimum Gasteiger partial charge on any atom is -0.468 e. The molecule has 0 radical (unpaired) electrons. The molecule has 9 nitrogen and oxygen atoms in total. The van der Waals surface area contributed by atoms with E-state index in [0.29, 0.717) is 11.5 Å². The maximum Gasteiger partial charge on any atom is 0.338 e. The van der Waals surface area contributed by atoms with Gasteiger partial charge in [0, 0.05) is 12.6 Å². The van der Waals surface area contributed by atoms with Crippen LogP contribution in [0.3, 0.4) is 0 Å². The largest absolute Gasteiger partial charge is 0.468 e. The number of nitrogens with two attached hydrogens (primary N) is 1. The van der Waals surface area contributed by atoms with Gasteiger partial charge in [0.25, 0.3) is 11.5 Å². The number of rotatable bonds is 6. The van der Waals surface area contributed by atoms with Crippen LogP contribution in [0.25, 0.3) is 17.5 Å². The number of ether oxygens (including phenoxy) is 1. The molecule has 0 spiro atoms. The van der Waals surface area contributed by atoms with Crippen LogP contribution in [0.15, 0.2) is 86.3 Å². The molecule has 36 heavy (non-hydrogen) atoms. The maximum absolute atomic E-state index is 13.7. The summed E-state index contributed by atoms with van der Waals surface area (Å²) < 4.78 is 17.7. The summed E-state index contributed by atoms with van der Waals surface area (Å²) in [5.41, 5.74) is 6.89. The van der Waals surface area contributed by atoms with Gasteiger partial charge in [-0.3, -0.25) is 14.2 Å². The van der Waals surface area contributed by atoms with Crippen molar-refractivity contribution in [1.82, 2.24) is 9.88 Å². The van der Waals surface area contributed by atoms with Crippen LogP contribution in [-0.2, 0) is 20.9 Å². The van der Waals surface area contributed by atoms with Gasteiger partial charge in [-0.15, -0.1) is 11.3 Å². The number of esters is 1. The lowest BCUT2D eigenvalue weighted by molar-refractivity contribution is -0.136. The molecule has 3 N–H and O–H groups in total. The fourth-order valence-electron chi connectivity index (χ4n) is 4.09. The van der Waals surface area contributed by atoms with Crippen LogP contribution in [0.4, 0.5) is 0 Å². The number of thiazole rings is 1. The third kappa shape index (κ3) is 4.07. The van der Waals surface area contributed by atoms with Crippen LogP contribution in [0.5, 0.6) is 0 Å². The summed E-state index contributed by atoms with van der Waals surface area (Å²) in [4.78, 5) is 40.0. The Morgan fingerprint density at radius 2 is 1.83 bits per heavy atom. The fraction of sp³-hybridized carbons (Fsp3) is 0.115. The molecular formula is C26H21N3O6S. The van der Waals surface area contributed by atoms with E-state index in [0.717, 1.165) is 16.9 Å². The van der Waals surface area contributed by atoms with E-state index < -0.39 is 23.4 Å². The molecule has 0 saturated heterocycles. The highest BCUT2D eigenvalue weighted by Gasteiger charge is 2.40. The van der Waals surface area contributed by atoms with E-state index in [2.05, 4.69) is 5.32 Å². The number of methoxy groups -OCH3 is 1. The molecule has 1 aromatic carbocycles. The van der Waals surface area contributed by atoms with Crippen molar-refractivity contribution < 1.29 is 23.2 Å². The Kier molecular flexibility index (Phi) is 6.17. The first-order valence-corrected chi connectivity index (χ1v) is 11.8. The van der Waals surface area contributed by atoms with Crippen molar-refractivity contribution in [2.75, 3.05) is 7.11 Å². The monoisotopic (exact) mass is 503 g/mol. The van der Waals surface area contributed by atoms with Crippen molar-refractivity contribution in [3.63, 3.8) is 0 Å². The van der Waals surface area contributed by atoms with Crippen molar-refractivity contribution in [3.8, 4) is 0 Å². The molecule has 10 heteroatoms. The Morgan fingerprint density at radius 1 is 1.08 bits per heavy atom. The average molecular weight is 504 g/mol. The van der Waals surface area contributed by atoms with Crippen LogP contribution < -0.4 is 25.8 Å². The number of carbonyl (C=O) groups is 2. The molecule has 1 amide bonds. The standard InChI is InChI=1S/C26H21N3O6S/c1-33-26(32)20-19(17-10-6-12-35-17)21(23(30)28-14-15-7-3-2-4-8-15)25-29(22(20)27)24(31)18(36-25)13-16-9-5-11-34-16/h2-13,19H,14,27H2,1H3,(H,28,30)/b18-13+. The number of nitrogens with one attached hydrogen (secondary N) is 1. The smallest absolute Gasteiger partial charge is 0.338 e. The van der Waals surface area contributed by atoms with Gasteiger partial charge < -0.3 is 24.6 Å². The number of benzene rings is 1. The summed E-state index contributed by atoms with van der Waals surface area (Å²) in [7, 11) is 1.21. The third-order valence-electron chi connectivity index (χ3n) is 5.74. The zero-order chi connectivity index (χ0) is 25.2. The molecule has 5 rings (SSSR count). The summed E-state index contributed by atoms with van der Waals surface area (Å²) in [5.74, 6) is -1.60. The van der Waals surface area contributed by atoms with E-state index in [4.69, 9.17) is 19.3 Å². The molecule has 182 valence electrons. The van der Waals surface area contributed by atoms with Gasteiger partial charge in [-0.05, 0) is 29.8 Å². The van der Waals surface area contributed by atoms with Gasteiger partial charge >= 0.3 is 5.97 Å². The molecular weight excluding hydrogens is 482 g/mol. The molecule has 1 atom stereocenters. The molecule has 1 aliphatic rings. The fourth-order valence-corrected chi connectivity index (χ4v) is 5.25. The number of fused-ring (bicyclic) bond motifs is 1. The van der Waals surface area contributed by atoms with E-state index in [1.54, 1.807) is 30.3 Å². The molecule has 1 aliphatic heterocycles. The van der Waals surface area contributed by atoms with Gasteiger partial charge in [0.1, 0.15) is 22.0 Å². The van der Waals surface area contributed by atoms with Crippen molar-refractivity contribution in [1.29, 1.82) is 0 Å². The molecule has 0 aliphatic carbocycles.